The molecule has 7 nitrogen and oxygen atoms in total. The van der Waals surface area contributed by atoms with Crippen LogP contribution in [0.3, 0.4) is 0 Å². The van der Waals surface area contributed by atoms with Gasteiger partial charge in [0.1, 0.15) is 5.75 Å². The first-order valence-corrected chi connectivity index (χ1v) is 10.3. The van der Waals surface area contributed by atoms with E-state index >= 15 is 0 Å². The van der Waals surface area contributed by atoms with Crippen LogP contribution in [0, 0.1) is 0 Å². The quantitative estimate of drug-likeness (QED) is 0.404. The molecule has 0 aliphatic rings. The number of aromatic nitrogens is 1. The zero-order valence-electron chi connectivity index (χ0n) is 17.9. The molecular formula is C26H22N2O5. The van der Waals surface area contributed by atoms with Gasteiger partial charge >= 0.3 is 5.97 Å². The van der Waals surface area contributed by atoms with Crippen LogP contribution in [0.4, 0.5) is 0 Å². The first kappa shape index (κ1) is 21.8. The van der Waals surface area contributed by atoms with Crippen LogP contribution in [0.25, 0.3) is 10.9 Å². The van der Waals surface area contributed by atoms with Crippen LogP contribution in [-0.2, 0) is 13.0 Å². The Hall–Kier alpha value is -4.39. The van der Waals surface area contributed by atoms with Crippen molar-refractivity contribution in [3.63, 3.8) is 0 Å². The molecule has 0 aliphatic heterocycles. The average molecular weight is 442 g/mol. The fourth-order valence-electron chi connectivity index (χ4n) is 3.58. The number of methoxy groups -OCH3 is 1. The van der Waals surface area contributed by atoms with Crippen molar-refractivity contribution in [3.05, 3.63) is 111 Å². The predicted octanol–water partition coefficient (Wildman–Crippen LogP) is 3.76. The molecule has 7 heteroatoms. The van der Waals surface area contributed by atoms with Gasteiger partial charge in [0.2, 0.25) is 0 Å². The maximum Gasteiger partial charge on any atom is 0.335 e. The minimum Gasteiger partial charge on any atom is -0.497 e. The van der Waals surface area contributed by atoms with Gasteiger partial charge in [0.25, 0.3) is 11.5 Å². The highest BCUT2D eigenvalue weighted by Crippen LogP contribution is 2.17. The number of ether oxygens (including phenoxy) is 1. The Kier molecular flexibility index (Phi) is 6.22. The summed E-state index contributed by atoms with van der Waals surface area (Å²) < 4.78 is 5.21. The lowest BCUT2D eigenvalue weighted by Gasteiger charge is -2.09. The number of rotatable bonds is 7. The summed E-state index contributed by atoms with van der Waals surface area (Å²) in [5, 5.41) is 12.7. The summed E-state index contributed by atoms with van der Waals surface area (Å²) in [5.41, 5.74) is 3.35. The molecule has 0 radical (unpaired) electrons. The van der Waals surface area contributed by atoms with E-state index < -0.39 is 5.97 Å². The fraction of sp³-hybridized carbons (Fsp3) is 0.115. The van der Waals surface area contributed by atoms with Gasteiger partial charge in [-0.25, -0.2) is 4.79 Å². The van der Waals surface area contributed by atoms with Crippen molar-refractivity contribution in [1.29, 1.82) is 0 Å². The molecule has 4 aromatic rings. The second kappa shape index (κ2) is 9.40. The zero-order chi connectivity index (χ0) is 23.4. The van der Waals surface area contributed by atoms with Crippen LogP contribution >= 0.6 is 0 Å². The third kappa shape index (κ3) is 5.10. The Bertz CT molecular complexity index is 1390. The van der Waals surface area contributed by atoms with Crippen molar-refractivity contribution < 1.29 is 19.4 Å². The summed E-state index contributed by atoms with van der Waals surface area (Å²) in [6.07, 6.45) is 0.345. The van der Waals surface area contributed by atoms with E-state index in [1.165, 1.54) is 12.1 Å². The molecule has 0 fully saturated rings. The number of fused-ring (bicyclic) bond motifs is 1. The highest BCUT2D eigenvalue weighted by Gasteiger charge is 2.10. The predicted molar refractivity (Wildman–Crippen MR) is 125 cm³/mol. The fourth-order valence-corrected chi connectivity index (χ4v) is 3.58. The maximum atomic E-state index is 12.7. The molecule has 0 atom stereocenters. The number of carboxylic acids is 1. The third-order valence-corrected chi connectivity index (χ3v) is 5.37. The van der Waals surface area contributed by atoms with Crippen LogP contribution in [0.5, 0.6) is 5.75 Å². The molecule has 0 bridgehead atoms. The number of hydrogen-bond donors (Lipinski definition) is 3. The number of aromatic carboxylic acids is 1. The minimum atomic E-state index is -0.998. The minimum absolute atomic E-state index is 0.191. The van der Waals surface area contributed by atoms with E-state index in [0.29, 0.717) is 29.6 Å². The van der Waals surface area contributed by atoms with Crippen molar-refractivity contribution in [2.24, 2.45) is 0 Å². The summed E-state index contributed by atoms with van der Waals surface area (Å²) in [7, 11) is 1.59. The van der Waals surface area contributed by atoms with Gasteiger partial charge in [-0.2, -0.15) is 0 Å². The number of carboxylic acid groups (broad SMARTS) is 1. The van der Waals surface area contributed by atoms with Crippen LogP contribution in [0.2, 0.25) is 0 Å². The lowest BCUT2D eigenvalue weighted by Crippen LogP contribution is -2.22. The molecule has 4 rings (SSSR count). The highest BCUT2D eigenvalue weighted by atomic mass is 16.5. The first-order chi connectivity index (χ1) is 15.9. The van der Waals surface area contributed by atoms with Crippen molar-refractivity contribution in [1.82, 2.24) is 10.3 Å². The lowest BCUT2D eigenvalue weighted by atomic mass is 10.0. The summed E-state index contributed by atoms with van der Waals surface area (Å²) in [4.78, 5) is 39.1. The Morgan fingerprint density at radius 3 is 2.42 bits per heavy atom. The van der Waals surface area contributed by atoms with Crippen LogP contribution in [0.15, 0.2) is 77.6 Å². The third-order valence-electron chi connectivity index (χ3n) is 5.37. The van der Waals surface area contributed by atoms with Crippen molar-refractivity contribution in [3.8, 4) is 5.75 Å². The Labute approximate surface area is 189 Å². The maximum absolute atomic E-state index is 12.7. The molecule has 0 saturated carbocycles. The zero-order valence-corrected chi connectivity index (χ0v) is 17.9. The number of pyridine rings is 1. The summed E-state index contributed by atoms with van der Waals surface area (Å²) in [5.74, 6) is -0.499. The van der Waals surface area contributed by atoms with E-state index in [-0.39, 0.29) is 17.0 Å². The monoisotopic (exact) mass is 442 g/mol. The molecule has 1 heterocycles. The van der Waals surface area contributed by atoms with Gasteiger partial charge in [-0.3, -0.25) is 9.59 Å². The van der Waals surface area contributed by atoms with Gasteiger partial charge in [-0.1, -0.05) is 24.3 Å². The second-order valence-corrected chi connectivity index (χ2v) is 7.64. The highest BCUT2D eigenvalue weighted by molar-refractivity contribution is 5.98. The molecule has 0 unspecified atom stereocenters. The Morgan fingerprint density at radius 1 is 0.939 bits per heavy atom. The summed E-state index contributed by atoms with van der Waals surface area (Å²) in [6.45, 7) is 0.358. The van der Waals surface area contributed by atoms with E-state index in [1.807, 2.05) is 24.3 Å². The molecule has 0 saturated heterocycles. The molecule has 3 N–H and O–H groups in total. The number of nitrogens with one attached hydrogen (secondary N) is 2. The van der Waals surface area contributed by atoms with Gasteiger partial charge in [-0.15, -0.1) is 0 Å². The number of benzene rings is 3. The molecule has 0 spiro atoms. The molecule has 166 valence electrons. The topological polar surface area (TPSA) is 108 Å². The first-order valence-electron chi connectivity index (χ1n) is 10.3. The van der Waals surface area contributed by atoms with Crippen molar-refractivity contribution in [2.45, 2.75) is 13.0 Å². The number of carbonyl (C=O) groups is 2. The van der Waals surface area contributed by atoms with Crippen LogP contribution in [0.1, 0.15) is 37.4 Å². The summed E-state index contributed by atoms with van der Waals surface area (Å²) in [6, 6.07) is 20.8. The number of carbonyl (C=O) groups excluding carboxylic acids is 1. The number of H-pyrrole nitrogens is 1. The molecular weight excluding hydrogens is 420 g/mol. The van der Waals surface area contributed by atoms with Crippen LogP contribution in [-0.4, -0.2) is 29.1 Å². The number of aromatic amines is 1. The van der Waals surface area contributed by atoms with Gasteiger partial charge in [0.05, 0.1) is 12.7 Å². The van der Waals surface area contributed by atoms with Crippen molar-refractivity contribution in [2.75, 3.05) is 7.11 Å². The normalized spacial score (nSPS) is 10.7. The van der Waals surface area contributed by atoms with E-state index in [2.05, 4.69) is 10.3 Å². The Balaban J connectivity index is 1.53. The lowest BCUT2D eigenvalue weighted by molar-refractivity contribution is 0.0696. The molecule has 0 aliphatic carbocycles. The molecule has 33 heavy (non-hydrogen) atoms. The van der Waals surface area contributed by atoms with Crippen LogP contribution < -0.4 is 15.6 Å². The largest absolute Gasteiger partial charge is 0.497 e. The Morgan fingerprint density at radius 2 is 1.70 bits per heavy atom. The van der Waals surface area contributed by atoms with Gasteiger partial charge in [0.15, 0.2) is 0 Å². The average Bonchev–Trinajstić information content (AvgIpc) is 2.83. The molecule has 1 aromatic heterocycles. The van der Waals surface area contributed by atoms with E-state index in [0.717, 1.165) is 22.3 Å². The molecule has 3 aromatic carbocycles. The molecule has 1 amide bonds. The van der Waals surface area contributed by atoms with Crippen molar-refractivity contribution >= 4 is 22.8 Å². The smallest absolute Gasteiger partial charge is 0.335 e. The standard InChI is InChI=1S/C26H22N2O5/c1-33-22-4-2-3-17(12-22)15-27-24(29)19-9-10-23-20(13-19)14-21(25(30)28-23)11-16-5-7-18(8-6-16)26(31)32/h2-10,12-14H,11,15H2,1H3,(H,27,29)(H,28,30)(H,31,32). The van der Waals surface area contributed by atoms with Gasteiger partial charge in [0, 0.05) is 29.6 Å². The van der Waals surface area contributed by atoms with E-state index in [9.17, 15) is 14.4 Å². The summed E-state index contributed by atoms with van der Waals surface area (Å²) >= 11 is 0. The van der Waals surface area contributed by atoms with E-state index in [4.69, 9.17) is 9.84 Å². The van der Waals surface area contributed by atoms with E-state index in [1.54, 1.807) is 43.5 Å². The van der Waals surface area contributed by atoms with Gasteiger partial charge < -0.3 is 20.1 Å². The number of hydrogen-bond acceptors (Lipinski definition) is 4. The second-order valence-electron chi connectivity index (χ2n) is 7.64. The van der Waals surface area contributed by atoms with Gasteiger partial charge in [-0.05, 0) is 65.0 Å². The number of amides is 1. The SMILES string of the molecule is COc1cccc(CNC(=O)c2ccc3[nH]c(=O)c(Cc4ccc(C(=O)O)cc4)cc3c2)c1.